The molecule has 0 N–H and O–H groups in total. The summed E-state index contributed by atoms with van der Waals surface area (Å²) in [5.41, 5.74) is 0. The standard InChI is InChI=1S/C10H22O4S/c1-2-3-4-5-6-7-8-9-10-14-15(11,12)13/h2-10H2,1H3,(H,11,12,13). The molecule has 0 heterocycles. The summed E-state index contributed by atoms with van der Waals surface area (Å²) in [6.07, 6.45) is 8.91. The van der Waals surface area contributed by atoms with E-state index in [9.17, 15) is 13.0 Å². The minimum atomic E-state index is -4.48. The summed E-state index contributed by atoms with van der Waals surface area (Å²) in [7, 11) is -4.48. The number of hydrogen-bond donors (Lipinski definition) is 0. The molecule has 92 valence electrons. The first-order chi connectivity index (χ1) is 7.06. The van der Waals surface area contributed by atoms with E-state index in [-0.39, 0.29) is 8.03 Å². The third kappa shape index (κ3) is 13.9. The quantitative estimate of drug-likeness (QED) is 0.333. The molecular formula is C10H22O4S. The Morgan fingerprint density at radius 2 is 1.47 bits per heavy atom. The summed E-state index contributed by atoms with van der Waals surface area (Å²) in [6, 6.07) is 0. The van der Waals surface area contributed by atoms with Gasteiger partial charge >= 0.3 is 1.43 Å². The Bertz CT molecular complexity index is 229. The topological polar surface area (TPSA) is 66.4 Å². The third-order valence-electron chi connectivity index (χ3n) is 2.23. The first kappa shape index (κ1) is 14.9. The molecule has 5 heteroatoms. The lowest BCUT2D eigenvalue weighted by Crippen LogP contribution is -2.05. The van der Waals surface area contributed by atoms with Gasteiger partial charge in [0.2, 0.25) is 10.4 Å². The molecule has 0 spiro atoms. The van der Waals surface area contributed by atoms with Gasteiger partial charge in [-0.25, -0.2) is 8.42 Å². The van der Waals surface area contributed by atoms with Crippen LogP contribution in [0.1, 0.15) is 59.7 Å². The van der Waals surface area contributed by atoms with Crippen molar-refractivity contribution in [3.63, 3.8) is 0 Å². The molecule has 0 fully saturated rings. The fraction of sp³-hybridized carbons (Fsp3) is 1.00. The molecule has 0 aromatic heterocycles. The second kappa shape index (κ2) is 9.12. The molecule has 0 radical (unpaired) electrons. The highest BCUT2D eigenvalue weighted by Crippen LogP contribution is 2.08. The van der Waals surface area contributed by atoms with E-state index in [1.54, 1.807) is 0 Å². The van der Waals surface area contributed by atoms with Crippen molar-refractivity contribution in [1.82, 2.24) is 0 Å². The molecule has 0 aromatic carbocycles. The van der Waals surface area contributed by atoms with Crippen LogP contribution in [-0.2, 0) is 14.6 Å². The van der Waals surface area contributed by atoms with Gasteiger partial charge in [0.1, 0.15) is 0 Å². The van der Waals surface area contributed by atoms with Gasteiger partial charge in [0.05, 0.1) is 6.61 Å². The fourth-order valence-electron chi connectivity index (χ4n) is 1.40. The summed E-state index contributed by atoms with van der Waals surface area (Å²) < 4.78 is 34.3. The summed E-state index contributed by atoms with van der Waals surface area (Å²) in [5, 5.41) is 0. The highest BCUT2D eigenvalue weighted by molar-refractivity contribution is 7.80. The molecular weight excluding hydrogens is 216 g/mol. The zero-order chi connectivity index (χ0) is 11.6. The van der Waals surface area contributed by atoms with Gasteiger partial charge in [-0.3, -0.25) is 4.18 Å². The largest absolute Gasteiger partial charge is 1.00 e. The van der Waals surface area contributed by atoms with Crippen LogP contribution in [0.5, 0.6) is 0 Å². The van der Waals surface area contributed by atoms with E-state index in [4.69, 9.17) is 0 Å². The Morgan fingerprint density at radius 1 is 1.00 bits per heavy atom. The van der Waals surface area contributed by atoms with E-state index in [1.165, 1.54) is 32.1 Å². The molecule has 15 heavy (non-hydrogen) atoms. The predicted octanol–water partition coefficient (Wildman–Crippen LogP) is 2.72. The lowest BCUT2D eigenvalue weighted by atomic mass is 10.1. The average Bonchev–Trinajstić information content (AvgIpc) is 2.14. The molecule has 0 aromatic rings. The fourth-order valence-corrected chi connectivity index (χ4v) is 1.72. The lowest BCUT2D eigenvalue weighted by Gasteiger charge is -2.06. The van der Waals surface area contributed by atoms with E-state index < -0.39 is 10.4 Å². The SMILES string of the molecule is CCCCCCCCCCOS(=O)(=O)[O-].[H+]. The highest BCUT2D eigenvalue weighted by Gasteiger charge is 1.95. The lowest BCUT2D eigenvalue weighted by molar-refractivity contribution is 0.255. The molecule has 0 bridgehead atoms. The van der Waals surface area contributed by atoms with Crippen LogP contribution in [0.25, 0.3) is 0 Å². The molecule has 0 atom stereocenters. The molecule has 0 unspecified atom stereocenters. The maximum atomic E-state index is 10.1. The summed E-state index contributed by atoms with van der Waals surface area (Å²) in [6.45, 7) is 2.21. The van der Waals surface area contributed by atoms with Crippen molar-refractivity contribution in [2.45, 2.75) is 58.3 Å². The Hall–Kier alpha value is -0.130. The van der Waals surface area contributed by atoms with Gasteiger partial charge in [-0.05, 0) is 6.42 Å². The molecule has 0 aliphatic rings. The molecule has 0 saturated carbocycles. The van der Waals surface area contributed by atoms with Crippen molar-refractivity contribution >= 4 is 10.4 Å². The highest BCUT2D eigenvalue weighted by atomic mass is 32.3. The Balaban J connectivity index is 0. The molecule has 0 rings (SSSR count). The van der Waals surface area contributed by atoms with Crippen molar-refractivity contribution < 1.29 is 18.6 Å². The molecule has 0 amide bonds. The number of hydrogen-bond acceptors (Lipinski definition) is 4. The van der Waals surface area contributed by atoms with Crippen molar-refractivity contribution in [3.8, 4) is 0 Å². The number of unbranched alkanes of at least 4 members (excludes halogenated alkanes) is 7. The first-order valence-corrected chi connectivity index (χ1v) is 7.00. The molecule has 4 nitrogen and oxygen atoms in total. The normalized spacial score (nSPS) is 11.9. The van der Waals surface area contributed by atoms with Crippen molar-refractivity contribution in [3.05, 3.63) is 0 Å². The van der Waals surface area contributed by atoms with Crippen molar-refractivity contribution in [2.24, 2.45) is 0 Å². The molecule has 0 aliphatic carbocycles. The van der Waals surface area contributed by atoms with Crippen LogP contribution >= 0.6 is 0 Å². The zero-order valence-electron chi connectivity index (χ0n) is 10.4. The Kier molecular flexibility index (Phi) is 9.04. The van der Waals surface area contributed by atoms with Crippen LogP contribution in [0.15, 0.2) is 0 Å². The van der Waals surface area contributed by atoms with E-state index >= 15 is 0 Å². The second-order valence-electron chi connectivity index (χ2n) is 3.71. The summed E-state index contributed by atoms with van der Waals surface area (Å²) >= 11 is 0. The molecule has 0 saturated heterocycles. The minimum Gasteiger partial charge on any atom is -0.726 e. The summed E-state index contributed by atoms with van der Waals surface area (Å²) in [4.78, 5) is 0. The second-order valence-corrected chi connectivity index (χ2v) is 4.76. The van der Waals surface area contributed by atoms with Crippen LogP contribution in [0.4, 0.5) is 0 Å². The maximum absolute atomic E-state index is 10.1. The van der Waals surface area contributed by atoms with Crippen LogP contribution < -0.4 is 0 Å². The van der Waals surface area contributed by atoms with Gasteiger partial charge in [0.15, 0.2) is 0 Å². The molecule has 0 aliphatic heterocycles. The van der Waals surface area contributed by atoms with E-state index in [1.807, 2.05) is 0 Å². The minimum absolute atomic E-state index is 0. The third-order valence-corrected chi connectivity index (χ3v) is 2.68. The van der Waals surface area contributed by atoms with Gasteiger partial charge in [-0.1, -0.05) is 51.9 Å². The van der Waals surface area contributed by atoms with Crippen LogP contribution in [0, 0.1) is 0 Å². The van der Waals surface area contributed by atoms with Crippen LogP contribution in [-0.4, -0.2) is 19.6 Å². The van der Waals surface area contributed by atoms with Crippen LogP contribution in [0.2, 0.25) is 0 Å². The predicted molar refractivity (Wildman–Crippen MR) is 59.4 cm³/mol. The van der Waals surface area contributed by atoms with E-state index in [0.29, 0.717) is 6.42 Å². The Morgan fingerprint density at radius 3 is 1.93 bits per heavy atom. The van der Waals surface area contributed by atoms with Crippen molar-refractivity contribution in [1.29, 1.82) is 0 Å². The van der Waals surface area contributed by atoms with Gasteiger partial charge in [-0.15, -0.1) is 0 Å². The van der Waals surface area contributed by atoms with Gasteiger partial charge < -0.3 is 4.55 Å². The maximum Gasteiger partial charge on any atom is 1.00 e. The van der Waals surface area contributed by atoms with Crippen molar-refractivity contribution in [2.75, 3.05) is 6.61 Å². The van der Waals surface area contributed by atoms with Gasteiger partial charge in [0.25, 0.3) is 0 Å². The van der Waals surface area contributed by atoms with E-state index in [2.05, 4.69) is 11.1 Å². The smallest absolute Gasteiger partial charge is 0.726 e. The average molecular weight is 238 g/mol. The van der Waals surface area contributed by atoms with E-state index in [0.717, 1.165) is 12.8 Å². The first-order valence-electron chi connectivity index (χ1n) is 5.66. The monoisotopic (exact) mass is 238 g/mol. The summed E-state index contributed by atoms with van der Waals surface area (Å²) in [5.74, 6) is 0. The Labute approximate surface area is 94.5 Å². The van der Waals surface area contributed by atoms with Gasteiger partial charge in [0, 0.05) is 0 Å². The van der Waals surface area contributed by atoms with Crippen LogP contribution in [0.3, 0.4) is 0 Å². The number of rotatable bonds is 10. The van der Waals surface area contributed by atoms with Gasteiger partial charge in [-0.2, -0.15) is 0 Å². The zero-order valence-corrected chi connectivity index (χ0v) is 10.2.